The molecule has 3 nitrogen and oxygen atoms in total. The molecule has 0 aliphatic carbocycles. The Kier molecular flexibility index (Phi) is 2.92. The molecular formula is C8H5F3N2O. The Morgan fingerprint density at radius 3 is 2.71 bits per heavy atom. The average Bonchev–Trinajstić information content (AvgIpc) is 2.13. The Labute approximate surface area is 77.4 Å². The summed E-state index contributed by atoms with van der Waals surface area (Å²) in [7, 11) is 0. The molecule has 14 heavy (non-hydrogen) atoms. The zero-order chi connectivity index (χ0) is 10.7. The summed E-state index contributed by atoms with van der Waals surface area (Å²) in [6.45, 7) is 0. The third kappa shape index (κ3) is 1.76. The second kappa shape index (κ2) is 3.96. The van der Waals surface area contributed by atoms with Crippen molar-refractivity contribution in [2.75, 3.05) is 0 Å². The maximum Gasteiger partial charge on any atom is 0.268 e. The molecule has 0 fully saturated rings. The van der Waals surface area contributed by atoms with Crippen LogP contribution in [0, 0.1) is 17.1 Å². The fraction of sp³-hybridized carbons (Fsp3) is 0.250. The molecule has 1 N–H and O–H groups in total. The highest BCUT2D eigenvalue weighted by Crippen LogP contribution is 2.28. The molecule has 1 rings (SSSR count). The van der Waals surface area contributed by atoms with Gasteiger partial charge >= 0.3 is 0 Å². The zero-order valence-electron chi connectivity index (χ0n) is 6.84. The largest absolute Gasteiger partial charge is 0.503 e. The van der Waals surface area contributed by atoms with Crippen molar-refractivity contribution in [3.63, 3.8) is 0 Å². The molecule has 0 spiro atoms. The number of hydrogen-bond donors (Lipinski definition) is 1. The molecule has 0 amide bonds. The van der Waals surface area contributed by atoms with Crippen LogP contribution < -0.4 is 0 Å². The number of pyridine rings is 1. The molecule has 0 bridgehead atoms. The summed E-state index contributed by atoms with van der Waals surface area (Å²) < 4.78 is 37.1. The van der Waals surface area contributed by atoms with Crippen LogP contribution in [-0.2, 0) is 6.42 Å². The predicted molar refractivity (Wildman–Crippen MR) is 40.1 cm³/mol. The van der Waals surface area contributed by atoms with Gasteiger partial charge in [0.05, 0.1) is 23.7 Å². The van der Waals surface area contributed by atoms with E-state index in [4.69, 9.17) is 10.4 Å². The summed E-state index contributed by atoms with van der Waals surface area (Å²) in [4.78, 5) is 3.36. The average molecular weight is 202 g/mol. The van der Waals surface area contributed by atoms with E-state index in [0.29, 0.717) is 6.20 Å². The molecular weight excluding hydrogens is 197 g/mol. The van der Waals surface area contributed by atoms with Gasteiger partial charge in [-0.1, -0.05) is 0 Å². The quantitative estimate of drug-likeness (QED) is 0.797. The molecule has 74 valence electrons. The van der Waals surface area contributed by atoms with E-state index in [9.17, 15) is 13.2 Å². The van der Waals surface area contributed by atoms with Crippen molar-refractivity contribution < 1.29 is 18.3 Å². The summed E-state index contributed by atoms with van der Waals surface area (Å²) in [6.07, 6.45) is -2.75. The lowest BCUT2D eigenvalue weighted by atomic mass is 10.2. The number of halogens is 3. The van der Waals surface area contributed by atoms with Gasteiger partial charge < -0.3 is 5.11 Å². The number of aromatic nitrogens is 1. The summed E-state index contributed by atoms with van der Waals surface area (Å²) in [5.41, 5.74) is -1.21. The van der Waals surface area contributed by atoms with Gasteiger partial charge in [0, 0.05) is 6.20 Å². The van der Waals surface area contributed by atoms with E-state index in [-0.39, 0.29) is 12.1 Å². The topological polar surface area (TPSA) is 56.9 Å². The lowest BCUT2D eigenvalue weighted by Gasteiger charge is -2.05. The normalized spacial score (nSPS) is 10.2. The Bertz CT molecular complexity index is 387. The van der Waals surface area contributed by atoms with Crippen molar-refractivity contribution in [3.8, 4) is 11.8 Å². The number of rotatable bonds is 2. The maximum absolute atomic E-state index is 13.0. The van der Waals surface area contributed by atoms with Gasteiger partial charge in [0.15, 0.2) is 11.6 Å². The third-order valence-electron chi connectivity index (χ3n) is 1.58. The Balaban J connectivity index is 3.20. The minimum atomic E-state index is -3.04. The van der Waals surface area contributed by atoms with E-state index >= 15 is 0 Å². The van der Waals surface area contributed by atoms with Crippen LogP contribution >= 0.6 is 0 Å². The van der Waals surface area contributed by atoms with Crippen molar-refractivity contribution in [1.29, 1.82) is 5.26 Å². The number of hydrogen-bond acceptors (Lipinski definition) is 3. The van der Waals surface area contributed by atoms with Gasteiger partial charge in [0.2, 0.25) is 0 Å². The van der Waals surface area contributed by atoms with Crippen molar-refractivity contribution in [2.24, 2.45) is 0 Å². The predicted octanol–water partition coefficient (Wildman–Crippen LogP) is 1.93. The van der Waals surface area contributed by atoms with Crippen LogP contribution in [0.2, 0.25) is 0 Å². The van der Waals surface area contributed by atoms with Crippen molar-refractivity contribution in [2.45, 2.75) is 12.8 Å². The molecule has 0 saturated carbocycles. The molecule has 0 saturated heterocycles. The lowest BCUT2D eigenvalue weighted by molar-refractivity contribution is 0.144. The highest BCUT2D eigenvalue weighted by molar-refractivity contribution is 5.34. The van der Waals surface area contributed by atoms with E-state index in [1.807, 2.05) is 0 Å². The van der Waals surface area contributed by atoms with Crippen LogP contribution in [0.5, 0.6) is 5.75 Å². The number of nitriles is 1. The molecule has 0 atom stereocenters. The zero-order valence-corrected chi connectivity index (χ0v) is 6.84. The minimum Gasteiger partial charge on any atom is -0.503 e. The first-order valence-corrected chi connectivity index (χ1v) is 3.59. The first-order valence-electron chi connectivity index (χ1n) is 3.59. The molecule has 0 radical (unpaired) electrons. The van der Waals surface area contributed by atoms with Crippen LogP contribution in [0.25, 0.3) is 0 Å². The number of nitrogens with zero attached hydrogens (tertiary/aromatic N) is 2. The fourth-order valence-electron chi connectivity index (χ4n) is 0.885. The van der Waals surface area contributed by atoms with Crippen molar-refractivity contribution in [1.82, 2.24) is 4.98 Å². The summed E-state index contributed by atoms with van der Waals surface area (Å²) >= 11 is 0. The van der Waals surface area contributed by atoms with Crippen LogP contribution in [-0.4, -0.2) is 10.1 Å². The monoisotopic (exact) mass is 202 g/mol. The Morgan fingerprint density at radius 1 is 1.57 bits per heavy atom. The fourth-order valence-corrected chi connectivity index (χ4v) is 0.885. The highest BCUT2D eigenvalue weighted by atomic mass is 19.3. The summed E-state index contributed by atoms with van der Waals surface area (Å²) in [6, 6.07) is 1.62. The standard InChI is InChI=1S/C8H5F3N2O/c9-6-4(8(10)11)3-13-5(1-2-12)7(6)14/h3,8,14H,1H2. The molecule has 1 heterocycles. The molecule has 6 heteroatoms. The number of aromatic hydroxyl groups is 1. The van der Waals surface area contributed by atoms with Gasteiger partial charge in [0.1, 0.15) is 0 Å². The van der Waals surface area contributed by atoms with E-state index in [2.05, 4.69) is 4.98 Å². The van der Waals surface area contributed by atoms with Gasteiger partial charge in [-0.2, -0.15) is 5.26 Å². The van der Waals surface area contributed by atoms with Crippen LogP contribution in [0.15, 0.2) is 6.20 Å². The van der Waals surface area contributed by atoms with Gasteiger partial charge in [-0.05, 0) is 0 Å². The van der Waals surface area contributed by atoms with Crippen molar-refractivity contribution >= 4 is 0 Å². The van der Waals surface area contributed by atoms with Gasteiger partial charge in [-0.25, -0.2) is 13.2 Å². The van der Waals surface area contributed by atoms with Gasteiger partial charge in [-0.15, -0.1) is 0 Å². The summed E-state index contributed by atoms with van der Waals surface area (Å²) in [5.74, 6) is -2.40. The second-order valence-corrected chi connectivity index (χ2v) is 2.46. The Morgan fingerprint density at radius 2 is 2.21 bits per heavy atom. The molecule has 1 aromatic heterocycles. The smallest absolute Gasteiger partial charge is 0.268 e. The maximum atomic E-state index is 13.0. The second-order valence-electron chi connectivity index (χ2n) is 2.46. The van der Waals surface area contributed by atoms with Gasteiger partial charge in [0.25, 0.3) is 6.43 Å². The first-order chi connectivity index (χ1) is 6.57. The highest BCUT2D eigenvalue weighted by Gasteiger charge is 2.19. The van der Waals surface area contributed by atoms with Crippen LogP contribution in [0.4, 0.5) is 13.2 Å². The molecule has 0 aromatic carbocycles. The van der Waals surface area contributed by atoms with E-state index in [1.165, 1.54) is 0 Å². The first kappa shape index (κ1) is 10.3. The minimum absolute atomic E-state index is 0.241. The third-order valence-corrected chi connectivity index (χ3v) is 1.58. The Hall–Kier alpha value is -1.77. The van der Waals surface area contributed by atoms with Crippen LogP contribution in [0.1, 0.15) is 17.7 Å². The summed E-state index contributed by atoms with van der Waals surface area (Å²) in [5, 5.41) is 17.3. The van der Waals surface area contributed by atoms with E-state index < -0.39 is 23.6 Å². The van der Waals surface area contributed by atoms with E-state index in [0.717, 1.165) is 0 Å². The van der Waals surface area contributed by atoms with Crippen LogP contribution in [0.3, 0.4) is 0 Å². The lowest BCUT2D eigenvalue weighted by Crippen LogP contribution is -1.98. The van der Waals surface area contributed by atoms with Crippen molar-refractivity contribution in [3.05, 3.63) is 23.3 Å². The molecule has 0 aliphatic heterocycles. The molecule has 0 unspecified atom stereocenters. The molecule has 0 aliphatic rings. The number of alkyl halides is 2. The van der Waals surface area contributed by atoms with E-state index in [1.54, 1.807) is 6.07 Å². The SMILES string of the molecule is N#CCc1ncc(C(F)F)c(F)c1O. The van der Waals surface area contributed by atoms with Gasteiger partial charge in [-0.3, -0.25) is 4.98 Å². The molecule has 1 aromatic rings.